The molecule has 0 aromatic carbocycles. The smallest absolute Gasteiger partial charge is 0.232 e. The third-order valence-corrected chi connectivity index (χ3v) is 10.2. The van der Waals surface area contributed by atoms with Crippen molar-refractivity contribution in [2.75, 3.05) is 125 Å². The summed E-state index contributed by atoms with van der Waals surface area (Å²) in [6, 6.07) is 0. The van der Waals surface area contributed by atoms with Gasteiger partial charge in [-0.3, -0.25) is 28.9 Å². The number of imide groups is 1. The lowest BCUT2D eigenvalue weighted by molar-refractivity contribution is -0.140. The zero-order chi connectivity index (χ0) is 43.0. The zero-order valence-electron chi connectivity index (χ0n) is 36.0. The van der Waals surface area contributed by atoms with Crippen LogP contribution in [-0.4, -0.2) is 175 Å². The van der Waals surface area contributed by atoms with E-state index in [4.69, 9.17) is 42.6 Å². The lowest BCUT2D eigenvalue weighted by Crippen LogP contribution is -2.36. The standard InChI is InChI=1S/C42H70N4O14/c1-3-38(47)32-60-33-39(48)5-4-13-52-15-17-54-19-21-56-23-25-58-27-28-59-26-24-57-22-20-55-18-16-53-14-12-45-31-37(43-44-45)10-11-40(49)36-8-6-35(7-9-36)30-46-41(50)29-34(2)42(46)51/h31,34-36H,3-30,32-33H2,1-2H3. The first-order chi connectivity index (χ1) is 29.3. The normalized spacial score (nSPS) is 18.2. The highest BCUT2D eigenvalue weighted by atomic mass is 16.6. The van der Waals surface area contributed by atoms with Crippen molar-refractivity contribution in [1.82, 2.24) is 19.9 Å². The number of carbonyl (C=O) groups excluding carboxylic acids is 5. The minimum atomic E-state index is -0.213. The molecule has 0 radical (unpaired) electrons. The summed E-state index contributed by atoms with van der Waals surface area (Å²) >= 11 is 0. The first-order valence-electron chi connectivity index (χ1n) is 21.8. The van der Waals surface area contributed by atoms with E-state index in [9.17, 15) is 24.0 Å². The maximum absolute atomic E-state index is 12.9. The van der Waals surface area contributed by atoms with Crippen LogP contribution in [0.15, 0.2) is 6.20 Å². The Morgan fingerprint density at radius 3 is 1.65 bits per heavy atom. The molecule has 1 aromatic rings. The van der Waals surface area contributed by atoms with Crippen LogP contribution in [0.25, 0.3) is 0 Å². The third-order valence-electron chi connectivity index (χ3n) is 10.2. The van der Waals surface area contributed by atoms with Gasteiger partial charge >= 0.3 is 0 Å². The van der Waals surface area contributed by atoms with E-state index in [0.717, 1.165) is 31.4 Å². The lowest BCUT2D eigenvalue weighted by Gasteiger charge is -2.30. The summed E-state index contributed by atoms with van der Waals surface area (Å²) < 4.78 is 50.9. The first-order valence-corrected chi connectivity index (χ1v) is 21.8. The molecule has 60 heavy (non-hydrogen) atoms. The fourth-order valence-corrected chi connectivity index (χ4v) is 6.61. The average molecular weight is 855 g/mol. The minimum Gasteiger partial charge on any atom is -0.379 e. The van der Waals surface area contributed by atoms with Gasteiger partial charge in [-0.15, -0.1) is 5.10 Å². The van der Waals surface area contributed by atoms with Gasteiger partial charge in [-0.25, -0.2) is 4.68 Å². The molecule has 2 amide bonds. The Morgan fingerprint density at radius 1 is 0.650 bits per heavy atom. The van der Waals surface area contributed by atoms with Crippen LogP contribution in [0.1, 0.15) is 77.3 Å². The van der Waals surface area contributed by atoms with Crippen molar-refractivity contribution < 1.29 is 66.6 Å². The van der Waals surface area contributed by atoms with Crippen molar-refractivity contribution in [1.29, 1.82) is 0 Å². The largest absolute Gasteiger partial charge is 0.379 e. The molecule has 0 bridgehead atoms. The Hall–Kier alpha value is -3.07. The number of ketones is 3. The van der Waals surface area contributed by atoms with Crippen molar-refractivity contribution in [2.45, 2.75) is 84.6 Å². The molecule has 2 fully saturated rings. The Kier molecular flexibility index (Phi) is 27.9. The van der Waals surface area contributed by atoms with Crippen molar-refractivity contribution in [3.05, 3.63) is 11.9 Å². The topological polar surface area (TPSA) is 202 Å². The number of amides is 2. The molecule has 0 spiro atoms. The maximum Gasteiger partial charge on any atom is 0.232 e. The number of carbonyl (C=O) groups is 5. The van der Waals surface area contributed by atoms with Gasteiger partial charge in [-0.1, -0.05) is 19.1 Å². The summed E-state index contributed by atoms with van der Waals surface area (Å²) in [4.78, 5) is 61.5. The Bertz CT molecular complexity index is 1360. The molecule has 1 atom stereocenters. The zero-order valence-corrected chi connectivity index (χ0v) is 36.0. The van der Waals surface area contributed by atoms with Crippen LogP contribution < -0.4 is 0 Å². The molecule has 3 rings (SSSR count). The van der Waals surface area contributed by atoms with E-state index < -0.39 is 0 Å². The predicted molar refractivity (Wildman–Crippen MR) is 216 cm³/mol. The fraction of sp³-hybridized carbons (Fsp3) is 0.833. The summed E-state index contributed by atoms with van der Waals surface area (Å²) in [6.45, 7) is 12.0. The van der Waals surface area contributed by atoms with Crippen LogP contribution in [0.5, 0.6) is 0 Å². The SMILES string of the molecule is CCC(=O)COCC(=O)CCCOCCOCCOCCOCCOCCOCCOCCOCCn1cc(CCC(=O)C2CCC(CN3C(=O)CC(C)C3=O)CC2)nn1. The second-order valence-electron chi connectivity index (χ2n) is 15.0. The Balaban J connectivity index is 0.986. The summed E-state index contributed by atoms with van der Waals surface area (Å²) in [5, 5.41) is 8.36. The average Bonchev–Trinajstić information content (AvgIpc) is 3.80. The Morgan fingerprint density at radius 2 is 1.15 bits per heavy atom. The summed E-state index contributed by atoms with van der Waals surface area (Å²) in [7, 11) is 0. The van der Waals surface area contributed by atoms with E-state index >= 15 is 0 Å². The van der Waals surface area contributed by atoms with Crippen molar-refractivity contribution in [2.24, 2.45) is 17.8 Å². The van der Waals surface area contributed by atoms with E-state index in [2.05, 4.69) is 10.3 Å². The van der Waals surface area contributed by atoms with Crippen molar-refractivity contribution in [3.8, 4) is 0 Å². The quantitative estimate of drug-likeness (QED) is 0.0690. The number of hydrogen-bond acceptors (Lipinski definition) is 16. The third kappa shape index (κ3) is 23.2. The predicted octanol–water partition coefficient (Wildman–Crippen LogP) is 2.46. The summed E-state index contributed by atoms with van der Waals surface area (Å²) in [5.41, 5.74) is 0.783. The monoisotopic (exact) mass is 854 g/mol. The van der Waals surface area contributed by atoms with Gasteiger partial charge in [-0.05, 0) is 38.0 Å². The number of nitrogens with zero attached hydrogens (tertiary/aromatic N) is 4. The van der Waals surface area contributed by atoms with E-state index in [1.165, 1.54) is 4.90 Å². The van der Waals surface area contributed by atoms with Crippen LogP contribution in [0.3, 0.4) is 0 Å². The highest BCUT2D eigenvalue weighted by Crippen LogP contribution is 2.32. The van der Waals surface area contributed by atoms with Gasteiger partial charge in [0.15, 0.2) is 11.6 Å². The number of likely N-dealkylation sites (tertiary alicyclic amines) is 1. The van der Waals surface area contributed by atoms with Crippen molar-refractivity contribution in [3.63, 3.8) is 0 Å². The highest BCUT2D eigenvalue weighted by Gasteiger charge is 2.37. The molecule has 1 aliphatic heterocycles. The molecule has 18 nitrogen and oxygen atoms in total. The van der Waals surface area contributed by atoms with Gasteiger partial charge in [0, 0.05) is 63.3 Å². The molecule has 1 saturated heterocycles. The molecular weight excluding hydrogens is 784 g/mol. The first kappa shape index (κ1) is 51.3. The number of Topliss-reactive ketones (excluding diaryl/α,β-unsaturated/α-hetero) is 3. The number of hydrogen-bond donors (Lipinski definition) is 0. The number of ether oxygens (including phenoxy) is 9. The molecule has 0 N–H and O–H groups in total. The molecule has 1 aliphatic carbocycles. The van der Waals surface area contributed by atoms with Crippen molar-refractivity contribution >= 4 is 29.2 Å². The van der Waals surface area contributed by atoms with Gasteiger partial charge in [0.25, 0.3) is 0 Å². The molecule has 1 unspecified atom stereocenters. The molecule has 2 aliphatic rings. The molecule has 1 saturated carbocycles. The van der Waals surface area contributed by atoms with Gasteiger partial charge in [0.2, 0.25) is 11.8 Å². The van der Waals surface area contributed by atoms with Crippen LogP contribution in [0.4, 0.5) is 0 Å². The van der Waals surface area contributed by atoms with Crippen LogP contribution >= 0.6 is 0 Å². The molecule has 342 valence electrons. The molecule has 2 heterocycles. The summed E-state index contributed by atoms with van der Waals surface area (Å²) in [5.74, 6) is 0.174. The van der Waals surface area contributed by atoms with Crippen LogP contribution in [0, 0.1) is 17.8 Å². The van der Waals surface area contributed by atoms with E-state index in [-0.39, 0.29) is 60.1 Å². The second kappa shape index (κ2) is 32.6. The second-order valence-corrected chi connectivity index (χ2v) is 15.0. The molecular formula is C42H70N4O14. The van der Waals surface area contributed by atoms with Crippen LogP contribution in [-0.2, 0) is 79.6 Å². The lowest BCUT2D eigenvalue weighted by atomic mass is 9.79. The van der Waals surface area contributed by atoms with Gasteiger partial charge in [0.05, 0.1) is 111 Å². The van der Waals surface area contributed by atoms with E-state index in [1.807, 2.05) is 6.20 Å². The molecule has 18 heteroatoms. The Labute approximate surface area is 354 Å². The summed E-state index contributed by atoms with van der Waals surface area (Å²) in [6.07, 6.45) is 7.87. The van der Waals surface area contributed by atoms with Gasteiger partial charge < -0.3 is 42.6 Å². The van der Waals surface area contributed by atoms with E-state index in [1.54, 1.807) is 18.5 Å². The van der Waals surface area contributed by atoms with E-state index in [0.29, 0.717) is 157 Å². The van der Waals surface area contributed by atoms with Gasteiger partial charge in [0.1, 0.15) is 19.0 Å². The number of rotatable bonds is 39. The number of aromatic nitrogens is 3. The maximum atomic E-state index is 12.9. The fourth-order valence-electron chi connectivity index (χ4n) is 6.61. The highest BCUT2D eigenvalue weighted by molar-refractivity contribution is 6.03. The van der Waals surface area contributed by atoms with Gasteiger partial charge in [-0.2, -0.15) is 0 Å². The minimum absolute atomic E-state index is 0.00698. The molecule has 1 aromatic heterocycles. The number of aryl methyl sites for hydroxylation is 1. The van der Waals surface area contributed by atoms with Crippen LogP contribution in [0.2, 0.25) is 0 Å².